The number of phenolic OH excluding ortho intramolecular Hbond substituents is 1. The summed E-state index contributed by atoms with van der Waals surface area (Å²) in [6.07, 6.45) is -0.356. The molecule has 7 nitrogen and oxygen atoms in total. The molecule has 0 saturated carbocycles. The maximum absolute atomic E-state index is 12.3. The summed E-state index contributed by atoms with van der Waals surface area (Å²) in [6.45, 7) is 8.99. The van der Waals surface area contributed by atoms with Crippen LogP contribution >= 0.6 is 0 Å². The number of aromatic hydroxyl groups is 1. The monoisotopic (exact) mass is 335 g/mol. The lowest BCUT2D eigenvalue weighted by Gasteiger charge is -2.35. The van der Waals surface area contributed by atoms with Crippen LogP contribution in [-0.4, -0.2) is 58.8 Å². The second kappa shape index (κ2) is 6.98. The number of nitrogens with zero attached hydrogens (tertiary/aromatic N) is 2. The fourth-order valence-electron chi connectivity index (χ4n) is 2.31. The first kappa shape index (κ1) is 17.9. The van der Waals surface area contributed by atoms with Crippen LogP contribution in [0.25, 0.3) is 0 Å². The molecule has 24 heavy (non-hydrogen) atoms. The lowest BCUT2D eigenvalue weighted by Crippen LogP contribution is -2.52. The maximum Gasteiger partial charge on any atom is 0.410 e. The summed E-state index contributed by atoms with van der Waals surface area (Å²) < 4.78 is 5.33. The van der Waals surface area contributed by atoms with Crippen molar-refractivity contribution in [1.82, 2.24) is 9.80 Å². The largest absolute Gasteiger partial charge is 0.508 e. The van der Waals surface area contributed by atoms with Crippen LogP contribution in [0.4, 0.5) is 15.3 Å². The Morgan fingerprint density at radius 3 is 2.25 bits per heavy atom. The number of hydrogen-bond donors (Lipinski definition) is 2. The van der Waals surface area contributed by atoms with Gasteiger partial charge in [-0.15, -0.1) is 0 Å². The second-order valence-corrected chi connectivity index (χ2v) is 6.89. The van der Waals surface area contributed by atoms with Crippen molar-refractivity contribution in [3.63, 3.8) is 0 Å². The molecule has 0 aliphatic carbocycles. The molecule has 2 rings (SSSR count). The van der Waals surface area contributed by atoms with E-state index in [0.29, 0.717) is 31.9 Å². The zero-order valence-electron chi connectivity index (χ0n) is 14.6. The van der Waals surface area contributed by atoms with Gasteiger partial charge in [-0.05, 0) is 39.3 Å². The Labute approximate surface area is 142 Å². The SMILES string of the molecule is Cc1ccc(NC(=O)N2CCN(C(=O)OC(C)(C)C)CC2)cc1O. The number of carbonyl (C=O) groups is 2. The normalized spacial score (nSPS) is 15.2. The van der Waals surface area contributed by atoms with Crippen LogP contribution in [0, 0.1) is 6.92 Å². The maximum atomic E-state index is 12.3. The van der Waals surface area contributed by atoms with E-state index in [-0.39, 0.29) is 17.9 Å². The van der Waals surface area contributed by atoms with Gasteiger partial charge in [-0.1, -0.05) is 6.07 Å². The number of benzene rings is 1. The Bertz CT molecular complexity index is 617. The van der Waals surface area contributed by atoms with Gasteiger partial charge in [0.2, 0.25) is 0 Å². The van der Waals surface area contributed by atoms with Crippen LogP contribution < -0.4 is 5.32 Å². The van der Waals surface area contributed by atoms with E-state index in [1.807, 2.05) is 20.8 Å². The molecule has 1 aliphatic heterocycles. The van der Waals surface area contributed by atoms with Crippen molar-refractivity contribution in [2.24, 2.45) is 0 Å². The average Bonchev–Trinajstić information content (AvgIpc) is 2.49. The smallest absolute Gasteiger partial charge is 0.410 e. The number of hydrogen-bond acceptors (Lipinski definition) is 4. The number of aryl methyl sites for hydroxylation is 1. The van der Waals surface area contributed by atoms with Gasteiger partial charge in [0.05, 0.1) is 0 Å². The minimum Gasteiger partial charge on any atom is -0.508 e. The van der Waals surface area contributed by atoms with Gasteiger partial charge in [0.15, 0.2) is 0 Å². The van der Waals surface area contributed by atoms with E-state index in [2.05, 4.69) is 5.32 Å². The first-order chi connectivity index (χ1) is 11.2. The van der Waals surface area contributed by atoms with Crippen molar-refractivity contribution in [2.75, 3.05) is 31.5 Å². The molecule has 1 fully saturated rings. The fourth-order valence-corrected chi connectivity index (χ4v) is 2.31. The summed E-state index contributed by atoms with van der Waals surface area (Å²) in [5, 5.41) is 12.4. The number of rotatable bonds is 1. The van der Waals surface area contributed by atoms with E-state index in [9.17, 15) is 14.7 Å². The first-order valence-electron chi connectivity index (χ1n) is 7.99. The van der Waals surface area contributed by atoms with E-state index in [0.717, 1.165) is 5.56 Å². The number of piperazine rings is 1. The molecule has 1 aromatic rings. The van der Waals surface area contributed by atoms with Crippen molar-refractivity contribution < 1.29 is 19.4 Å². The number of urea groups is 1. The number of anilines is 1. The van der Waals surface area contributed by atoms with Crippen molar-refractivity contribution in [3.05, 3.63) is 23.8 Å². The Hall–Kier alpha value is -2.44. The minimum absolute atomic E-state index is 0.141. The molecule has 3 amide bonds. The van der Waals surface area contributed by atoms with Crippen molar-refractivity contribution in [2.45, 2.75) is 33.3 Å². The molecular formula is C17H25N3O4. The second-order valence-electron chi connectivity index (χ2n) is 6.89. The first-order valence-corrected chi connectivity index (χ1v) is 7.99. The Kier molecular flexibility index (Phi) is 5.21. The van der Waals surface area contributed by atoms with E-state index in [1.54, 1.807) is 28.9 Å². The molecule has 0 unspecified atom stereocenters. The standard InChI is InChI=1S/C17H25N3O4/c1-12-5-6-13(11-14(12)21)18-15(22)19-7-9-20(10-8-19)16(23)24-17(2,3)4/h5-6,11,21H,7-10H2,1-4H3,(H,18,22). The molecule has 1 aliphatic rings. The summed E-state index contributed by atoms with van der Waals surface area (Å²) in [5.74, 6) is 0.141. The molecule has 0 spiro atoms. The zero-order valence-corrected chi connectivity index (χ0v) is 14.6. The van der Waals surface area contributed by atoms with Crippen LogP contribution in [0.15, 0.2) is 18.2 Å². The van der Waals surface area contributed by atoms with Crippen LogP contribution in [0.5, 0.6) is 5.75 Å². The third-order valence-electron chi connectivity index (χ3n) is 3.68. The van der Waals surface area contributed by atoms with Gasteiger partial charge in [-0.25, -0.2) is 9.59 Å². The molecule has 1 heterocycles. The number of carbonyl (C=O) groups excluding carboxylic acids is 2. The molecular weight excluding hydrogens is 310 g/mol. The van der Waals surface area contributed by atoms with Crippen LogP contribution in [-0.2, 0) is 4.74 Å². The third-order valence-corrected chi connectivity index (χ3v) is 3.68. The van der Waals surface area contributed by atoms with Crippen LogP contribution in [0.3, 0.4) is 0 Å². The zero-order chi connectivity index (χ0) is 17.9. The topological polar surface area (TPSA) is 82.1 Å². The highest BCUT2D eigenvalue weighted by Gasteiger charge is 2.27. The Morgan fingerprint density at radius 1 is 1.12 bits per heavy atom. The Balaban J connectivity index is 1.86. The average molecular weight is 335 g/mol. The third kappa shape index (κ3) is 4.78. The Morgan fingerprint density at radius 2 is 1.71 bits per heavy atom. The molecule has 0 aromatic heterocycles. The summed E-state index contributed by atoms with van der Waals surface area (Å²) >= 11 is 0. The van der Waals surface area contributed by atoms with E-state index >= 15 is 0 Å². The van der Waals surface area contributed by atoms with Gasteiger partial charge in [-0.2, -0.15) is 0 Å². The van der Waals surface area contributed by atoms with Crippen LogP contribution in [0.2, 0.25) is 0 Å². The number of nitrogens with one attached hydrogen (secondary N) is 1. The molecule has 7 heteroatoms. The molecule has 0 radical (unpaired) electrons. The van der Waals surface area contributed by atoms with Crippen LogP contribution in [0.1, 0.15) is 26.3 Å². The van der Waals surface area contributed by atoms with E-state index in [1.165, 1.54) is 6.07 Å². The van der Waals surface area contributed by atoms with E-state index < -0.39 is 5.60 Å². The highest BCUT2D eigenvalue weighted by Crippen LogP contribution is 2.21. The predicted octanol–water partition coefficient (Wildman–Crippen LogP) is 2.79. The van der Waals surface area contributed by atoms with E-state index in [4.69, 9.17) is 4.74 Å². The summed E-state index contributed by atoms with van der Waals surface area (Å²) in [4.78, 5) is 27.5. The molecule has 0 bridgehead atoms. The molecule has 1 saturated heterocycles. The van der Waals surface area contributed by atoms with Gasteiger partial charge in [0, 0.05) is 37.9 Å². The minimum atomic E-state index is -0.529. The fraction of sp³-hybridized carbons (Fsp3) is 0.529. The quantitative estimate of drug-likeness (QED) is 0.827. The van der Waals surface area contributed by atoms with Gasteiger partial charge in [0.25, 0.3) is 0 Å². The lowest BCUT2D eigenvalue weighted by molar-refractivity contribution is 0.0174. The molecule has 1 aromatic carbocycles. The van der Waals surface area contributed by atoms with Gasteiger partial charge in [0.1, 0.15) is 11.4 Å². The lowest BCUT2D eigenvalue weighted by atomic mass is 10.2. The van der Waals surface area contributed by atoms with Gasteiger partial charge >= 0.3 is 12.1 Å². The number of phenols is 1. The molecule has 0 atom stereocenters. The summed E-state index contributed by atoms with van der Waals surface area (Å²) in [6, 6.07) is 4.75. The highest BCUT2D eigenvalue weighted by molar-refractivity contribution is 5.89. The summed E-state index contributed by atoms with van der Waals surface area (Å²) in [7, 11) is 0. The van der Waals surface area contributed by atoms with Gasteiger partial charge < -0.3 is 25.0 Å². The number of amides is 3. The van der Waals surface area contributed by atoms with Crippen molar-refractivity contribution >= 4 is 17.8 Å². The molecule has 2 N–H and O–H groups in total. The van der Waals surface area contributed by atoms with Crippen molar-refractivity contribution in [1.29, 1.82) is 0 Å². The van der Waals surface area contributed by atoms with Gasteiger partial charge in [-0.3, -0.25) is 0 Å². The predicted molar refractivity (Wildman–Crippen MR) is 91.2 cm³/mol. The number of ether oxygens (including phenoxy) is 1. The molecule has 132 valence electrons. The highest BCUT2D eigenvalue weighted by atomic mass is 16.6. The summed E-state index contributed by atoms with van der Waals surface area (Å²) in [5.41, 5.74) is 0.760. The van der Waals surface area contributed by atoms with Crippen molar-refractivity contribution in [3.8, 4) is 5.75 Å².